The van der Waals surface area contributed by atoms with E-state index in [2.05, 4.69) is 55.5 Å². The lowest BCUT2D eigenvalue weighted by Gasteiger charge is -2.29. The van der Waals surface area contributed by atoms with Crippen LogP contribution in [0.25, 0.3) is 0 Å². The van der Waals surface area contributed by atoms with Crippen molar-refractivity contribution in [2.75, 3.05) is 39.2 Å². The van der Waals surface area contributed by atoms with Crippen LogP contribution >= 0.6 is 27.5 Å². The smallest absolute Gasteiger partial charge is 0.156 e. The van der Waals surface area contributed by atoms with E-state index in [-0.39, 0.29) is 5.57 Å². The second-order valence-electron chi connectivity index (χ2n) is 8.47. The number of hydrogen-bond acceptors (Lipinski definition) is 7. The molecule has 1 heterocycles. The average Bonchev–Trinajstić information content (AvgIpc) is 2.90. The maximum absolute atomic E-state index is 12.2. The molecule has 0 unspecified atom stereocenters. The summed E-state index contributed by atoms with van der Waals surface area (Å²) in [6.45, 7) is 6.09. The molecule has 10 heteroatoms. The summed E-state index contributed by atoms with van der Waals surface area (Å²) in [7, 11) is 3.89. The van der Waals surface area contributed by atoms with E-state index in [0.717, 1.165) is 37.9 Å². The van der Waals surface area contributed by atoms with Crippen LogP contribution in [0.5, 0.6) is 11.5 Å². The maximum Gasteiger partial charge on any atom is 0.156 e. The number of hydrogen-bond donors (Lipinski definition) is 3. The minimum Gasteiger partial charge on any atom is -0.457 e. The van der Waals surface area contributed by atoms with Gasteiger partial charge in [0.05, 0.1) is 22.4 Å². The molecule has 2 aromatic carbocycles. The first-order valence-corrected chi connectivity index (χ1v) is 13.1. The van der Waals surface area contributed by atoms with Crippen LogP contribution in [-0.2, 0) is 4.79 Å². The molecular formula is C27H32BrClN6O2. The number of halogens is 2. The van der Waals surface area contributed by atoms with Gasteiger partial charge in [-0.25, -0.2) is 0 Å². The number of aliphatic imine (C=N–C) groups is 2. The number of ether oxygens (including phenoxy) is 1. The number of anilines is 1. The van der Waals surface area contributed by atoms with E-state index in [1.54, 1.807) is 37.5 Å². The van der Waals surface area contributed by atoms with Crippen molar-refractivity contribution in [1.82, 2.24) is 15.5 Å². The highest BCUT2D eigenvalue weighted by Crippen LogP contribution is 2.26. The molecule has 0 radical (unpaired) electrons. The van der Waals surface area contributed by atoms with Crippen molar-refractivity contribution in [1.29, 1.82) is 0 Å². The SMILES string of the molecule is C=NC(/C(Br)=C\NC)=C(C=O)\C(=N/CNC1CCN(C)CC1)Nc1ccc(Oc2ccc(Cl)cc2)cc1. The summed E-state index contributed by atoms with van der Waals surface area (Å²) in [4.78, 5) is 23.3. The number of rotatable bonds is 11. The molecule has 3 rings (SSSR count). The zero-order chi connectivity index (χ0) is 26.6. The fraction of sp³-hybridized carbons (Fsp3) is 0.296. The van der Waals surface area contributed by atoms with Crippen molar-refractivity contribution < 1.29 is 9.53 Å². The van der Waals surface area contributed by atoms with Crippen molar-refractivity contribution in [2.24, 2.45) is 9.98 Å². The Kier molecular flexibility index (Phi) is 11.3. The molecule has 37 heavy (non-hydrogen) atoms. The number of carbonyl (C=O) groups is 1. The van der Waals surface area contributed by atoms with Gasteiger partial charge in [-0.1, -0.05) is 11.6 Å². The van der Waals surface area contributed by atoms with Gasteiger partial charge in [-0.3, -0.25) is 20.1 Å². The Bertz CT molecular complexity index is 1140. The lowest BCUT2D eigenvalue weighted by atomic mass is 10.1. The number of benzene rings is 2. The van der Waals surface area contributed by atoms with Crippen LogP contribution in [0.3, 0.4) is 0 Å². The third kappa shape index (κ3) is 8.82. The third-order valence-corrected chi connectivity index (χ3v) is 6.64. The minimum atomic E-state index is 0.278. The largest absolute Gasteiger partial charge is 0.457 e. The monoisotopic (exact) mass is 586 g/mol. The van der Waals surface area contributed by atoms with Gasteiger partial charge in [0.25, 0.3) is 0 Å². The summed E-state index contributed by atoms with van der Waals surface area (Å²) in [5.74, 6) is 1.72. The third-order valence-electron chi connectivity index (χ3n) is 5.79. The van der Waals surface area contributed by atoms with Crippen LogP contribution in [0.15, 0.2) is 80.5 Å². The first kappa shape index (κ1) is 28.6. The molecular weight excluding hydrogens is 556 g/mol. The number of aldehydes is 1. The van der Waals surface area contributed by atoms with Gasteiger partial charge in [-0.2, -0.15) is 0 Å². The van der Waals surface area contributed by atoms with Crippen molar-refractivity contribution in [3.8, 4) is 11.5 Å². The van der Waals surface area contributed by atoms with E-state index >= 15 is 0 Å². The van der Waals surface area contributed by atoms with E-state index in [1.807, 2.05) is 24.3 Å². The van der Waals surface area contributed by atoms with Gasteiger partial charge in [0.1, 0.15) is 17.3 Å². The topological polar surface area (TPSA) is 90.3 Å². The number of nitrogens with zero attached hydrogens (tertiary/aromatic N) is 3. The first-order valence-electron chi connectivity index (χ1n) is 11.9. The summed E-state index contributed by atoms with van der Waals surface area (Å²) in [5.41, 5.74) is 1.38. The van der Waals surface area contributed by atoms with Crippen molar-refractivity contribution >= 4 is 52.1 Å². The van der Waals surface area contributed by atoms with Gasteiger partial charge in [-0.05, 0) is 104 Å². The van der Waals surface area contributed by atoms with Crippen LogP contribution < -0.4 is 20.7 Å². The number of amidine groups is 1. The van der Waals surface area contributed by atoms with Crippen LogP contribution in [0.1, 0.15) is 12.8 Å². The van der Waals surface area contributed by atoms with Gasteiger partial charge < -0.3 is 20.3 Å². The normalized spacial score (nSPS) is 16.1. The van der Waals surface area contributed by atoms with Crippen LogP contribution in [0.2, 0.25) is 5.02 Å². The molecule has 0 aliphatic carbocycles. The number of allylic oxidation sites excluding steroid dienone is 1. The fourth-order valence-corrected chi connectivity index (χ4v) is 4.44. The fourth-order valence-electron chi connectivity index (χ4n) is 3.75. The average molecular weight is 588 g/mol. The van der Waals surface area contributed by atoms with Gasteiger partial charge >= 0.3 is 0 Å². The quantitative estimate of drug-likeness (QED) is 0.110. The second kappa shape index (κ2) is 14.7. The summed E-state index contributed by atoms with van der Waals surface area (Å²) in [6, 6.07) is 14.9. The zero-order valence-electron chi connectivity index (χ0n) is 21.0. The second-order valence-corrected chi connectivity index (χ2v) is 9.76. The Morgan fingerprint density at radius 3 is 2.35 bits per heavy atom. The molecule has 0 atom stereocenters. The summed E-state index contributed by atoms with van der Waals surface area (Å²) in [5, 5.41) is 10.3. The van der Waals surface area contributed by atoms with E-state index in [4.69, 9.17) is 21.3 Å². The van der Waals surface area contributed by atoms with E-state index in [0.29, 0.717) is 45.2 Å². The Balaban J connectivity index is 1.82. The molecule has 0 saturated carbocycles. The van der Waals surface area contributed by atoms with Gasteiger partial charge in [0.15, 0.2) is 6.29 Å². The zero-order valence-corrected chi connectivity index (χ0v) is 23.3. The molecule has 0 spiro atoms. The van der Waals surface area contributed by atoms with Crippen molar-refractivity contribution in [3.63, 3.8) is 0 Å². The van der Waals surface area contributed by atoms with E-state index in [1.165, 1.54) is 0 Å². The van der Waals surface area contributed by atoms with Crippen molar-refractivity contribution in [2.45, 2.75) is 18.9 Å². The molecule has 0 aromatic heterocycles. The number of nitrogens with one attached hydrogen (secondary N) is 3. The Morgan fingerprint density at radius 2 is 1.78 bits per heavy atom. The number of carbonyl (C=O) groups excluding carboxylic acids is 1. The molecule has 1 aliphatic rings. The molecule has 1 saturated heterocycles. The Hall–Kier alpha value is -2.98. The highest BCUT2D eigenvalue weighted by Gasteiger charge is 2.18. The van der Waals surface area contributed by atoms with Gasteiger partial charge in [-0.15, -0.1) is 0 Å². The summed E-state index contributed by atoms with van der Waals surface area (Å²) in [6.07, 6.45) is 4.52. The molecule has 2 aromatic rings. The predicted octanol–water partition coefficient (Wildman–Crippen LogP) is 5.19. The standard InChI is InChI=1S/C27H32BrClN6O2/c1-30-16-25(28)26(31-2)24(17-36)27(33-18-32-20-12-14-35(3)15-13-20)34-21-6-10-23(11-7-21)37-22-8-4-19(29)5-9-22/h4-11,16-17,20,30,32H,2,12-15,18H2,1,3H3,(H,33,34)/b25-16+,26-24-. The van der Waals surface area contributed by atoms with Crippen LogP contribution in [0.4, 0.5) is 5.69 Å². The van der Waals surface area contributed by atoms with Gasteiger partial charge in [0.2, 0.25) is 0 Å². The summed E-state index contributed by atoms with van der Waals surface area (Å²) < 4.78 is 6.46. The predicted molar refractivity (Wildman–Crippen MR) is 156 cm³/mol. The molecule has 1 aliphatic heterocycles. The Labute approximate surface area is 231 Å². The van der Waals surface area contributed by atoms with Crippen LogP contribution in [-0.4, -0.2) is 63.6 Å². The molecule has 8 nitrogen and oxygen atoms in total. The Morgan fingerprint density at radius 1 is 1.16 bits per heavy atom. The lowest BCUT2D eigenvalue weighted by molar-refractivity contribution is -0.104. The highest BCUT2D eigenvalue weighted by molar-refractivity contribution is 9.12. The minimum absolute atomic E-state index is 0.278. The van der Waals surface area contributed by atoms with Crippen LogP contribution in [0, 0.1) is 0 Å². The molecule has 196 valence electrons. The van der Waals surface area contributed by atoms with E-state index < -0.39 is 0 Å². The molecule has 0 amide bonds. The van der Waals surface area contributed by atoms with Crippen molar-refractivity contribution in [3.05, 3.63) is 75.5 Å². The summed E-state index contributed by atoms with van der Waals surface area (Å²) >= 11 is 9.41. The first-order chi connectivity index (χ1) is 17.9. The lowest BCUT2D eigenvalue weighted by Crippen LogP contribution is -2.41. The number of piperidine rings is 1. The molecule has 1 fully saturated rings. The highest BCUT2D eigenvalue weighted by atomic mass is 79.9. The van der Waals surface area contributed by atoms with Gasteiger partial charge in [0, 0.05) is 30.0 Å². The maximum atomic E-state index is 12.2. The molecule has 3 N–H and O–H groups in total. The van der Waals surface area contributed by atoms with E-state index in [9.17, 15) is 4.79 Å². The number of likely N-dealkylation sites (tertiary alicyclic amines) is 1. The molecule has 0 bridgehead atoms.